The van der Waals surface area contributed by atoms with Gasteiger partial charge in [-0.15, -0.1) is 0 Å². The lowest BCUT2D eigenvalue weighted by Gasteiger charge is -2.35. The second kappa shape index (κ2) is 12.5. The quantitative estimate of drug-likeness (QED) is 0.276. The van der Waals surface area contributed by atoms with Crippen LogP contribution in [0.15, 0.2) is 72.2 Å². The number of anilines is 1. The molecule has 0 aliphatic carbocycles. The van der Waals surface area contributed by atoms with Gasteiger partial charge in [-0.3, -0.25) is 14.7 Å². The zero-order chi connectivity index (χ0) is 23.6. The number of nitrogens with zero attached hydrogens (tertiary/aromatic N) is 5. The number of rotatable bonds is 9. The molecule has 0 spiro atoms. The normalized spacial score (nSPS) is 14.4. The van der Waals surface area contributed by atoms with E-state index in [9.17, 15) is 4.79 Å². The number of carbonyl (C=O) groups is 1. The first kappa shape index (κ1) is 24.2. The van der Waals surface area contributed by atoms with Gasteiger partial charge in [-0.25, -0.2) is 9.97 Å². The molecule has 7 nitrogen and oxygen atoms in total. The number of benzene rings is 1. The maximum atomic E-state index is 12.2. The lowest BCUT2D eigenvalue weighted by Crippen LogP contribution is -2.46. The van der Waals surface area contributed by atoms with Crippen LogP contribution in [0.5, 0.6) is 0 Å². The van der Waals surface area contributed by atoms with Gasteiger partial charge in [0.15, 0.2) is 5.16 Å². The van der Waals surface area contributed by atoms with E-state index in [-0.39, 0.29) is 11.7 Å². The fourth-order valence-corrected chi connectivity index (χ4v) is 4.47. The van der Waals surface area contributed by atoms with Crippen molar-refractivity contribution in [3.8, 4) is 0 Å². The highest BCUT2D eigenvalue weighted by Crippen LogP contribution is 2.23. The van der Waals surface area contributed by atoms with Crippen molar-refractivity contribution in [3.63, 3.8) is 0 Å². The average molecular weight is 495 g/mol. The van der Waals surface area contributed by atoms with Crippen molar-refractivity contribution in [2.24, 2.45) is 0 Å². The van der Waals surface area contributed by atoms with E-state index in [4.69, 9.17) is 11.6 Å². The van der Waals surface area contributed by atoms with Crippen LogP contribution in [-0.2, 0) is 11.3 Å². The summed E-state index contributed by atoms with van der Waals surface area (Å²) in [7, 11) is 0. The Kier molecular flexibility index (Phi) is 8.90. The van der Waals surface area contributed by atoms with Gasteiger partial charge in [-0.05, 0) is 23.3 Å². The Bertz CT molecular complexity index is 1090. The molecule has 1 aliphatic heterocycles. The highest BCUT2D eigenvalue weighted by molar-refractivity contribution is 7.99. The largest absolute Gasteiger partial charge is 0.354 e. The van der Waals surface area contributed by atoms with E-state index in [0.29, 0.717) is 16.9 Å². The number of pyridine rings is 1. The van der Waals surface area contributed by atoms with Crippen LogP contribution in [-0.4, -0.2) is 64.2 Å². The van der Waals surface area contributed by atoms with Gasteiger partial charge in [0.1, 0.15) is 11.0 Å². The molecule has 0 bridgehead atoms. The number of halogens is 1. The molecule has 1 aliphatic rings. The summed E-state index contributed by atoms with van der Waals surface area (Å²) in [5.74, 6) is 0.954. The summed E-state index contributed by atoms with van der Waals surface area (Å²) in [6.45, 7) is 5.00. The van der Waals surface area contributed by atoms with Crippen LogP contribution in [0, 0.1) is 0 Å². The maximum absolute atomic E-state index is 12.2. The van der Waals surface area contributed by atoms with Gasteiger partial charge in [0.2, 0.25) is 5.91 Å². The van der Waals surface area contributed by atoms with Crippen molar-refractivity contribution in [2.45, 2.75) is 11.7 Å². The molecule has 1 saturated heterocycles. The summed E-state index contributed by atoms with van der Waals surface area (Å²) in [6.07, 6.45) is 7.78. The SMILES string of the molecule is O=C(CSc1nc(Cl)cc(N2CCN(CC=Cc3ccccc3)CC2)n1)NCc1ccncc1. The molecule has 34 heavy (non-hydrogen) atoms. The number of aromatic nitrogens is 3. The first-order valence-corrected chi connectivity index (χ1v) is 12.5. The van der Waals surface area contributed by atoms with Crippen LogP contribution < -0.4 is 10.2 Å². The van der Waals surface area contributed by atoms with Crippen molar-refractivity contribution < 1.29 is 4.79 Å². The third-order valence-corrected chi connectivity index (χ3v) is 6.44. The molecule has 1 N–H and O–H groups in total. The zero-order valence-corrected chi connectivity index (χ0v) is 20.4. The molecule has 2 aromatic heterocycles. The van der Waals surface area contributed by atoms with E-state index < -0.39 is 0 Å². The Balaban J connectivity index is 1.24. The Labute approximate surface area is 209 Å². The number of hydrogen-bond donors (Lipinski definition) is 1. The van der Waals surface area contributed by atoms with E-state index in [2.05, 4.69) is 54.4 Å². The predicted molar refractivity (Wildman–Crippen MR) is 138 cm³/mol. The standard InChI is InChI=1S/C25H27ClN6OS/c26-22-17-23(30-25(29-22)34-19-24(33)28-18-21-8-10-27-11-9-21)32-15-13-31(14-16-32)12-4-7-20-5-2-1-3-6-20/h1-11,17H,12-16,18-19H2,(H,28,33). The lowest BCUT2D eigenvalue weighted by atomic mass is 10.2. The van der Waals surface area contributed by atoms with Gasteiger partial charge >= 0.3 is 0 Å². The highest BCUT2D eigenvalue weighted by Gasteiger charge is 2.19. The van der Waals surface area contributed by atoms with Crippen LogP contribution in [0.2, 0.25) is 5.15 Å². The highest BCUT2D eigenvalue weighted by atomic mass is 35.5. The Morgan fingerprint density at radius 3 is 2.59 bits per heavy atom. The molecule has 1 amide bonds. The van der Waals surface area contributed by atoms with Gasteiger partial charge in [0, 0.05) is 57.7 Å². The van der Waals surface area contributed by atoms with Crippen molar-refractivity contribution in [1.82, 2.24) is 25.2 Å². The molecule has 4 rings (SSSR count). The minimum atomic E-state index is -0.0795. The molecule has 9 heteroatoms. The van der Waals surface area contributed by atoms with Crippen LogP contribution in [0.25, 0.3) is 6.08 Å². The summed E-state index contributed by atoms with van der Waals surface area (Å²) in [5.41, 5.74) is 2.22. The van der Waals surface area contributed by atoms with Crippen molar-refractivity contribution in [2.75, 3.05) is 43.4 Å². The molecule has 0 radical (unpaired) electrons. The van der Waals surface area contributed by atoms with Gasteiger partial charge in [0.25, 0.3) is 0 Å². The van der Waals surface area contributed by atoms with Crippen molar-refractivity contribution in [1.29, 1.82) is 0 Å². The van der Waals surface area contributed by atoms with Gasteiger partial charge in [-0.1, -0.05) is 65.8 Å². The van der Waals surface area contributed by atoms with E-state index in [1.165, 1.54) is 17.3 Å². The number of piperazine rings is 1. The number of carbonyl (C=O) groups excluding carboxylic acids is 1. The smallest absolute Gasteiger partial charge is 0.230 e. The Hall–Kier alpha value is -2.94. The third kappa shape index (κ3) is 7.55. The summed E-state index contributed by atoms with van der Waals surface area (Å²) in [5, 5.41) is 3.79. The molecule has 3 aromatic rings. The molecule has 0 saturated carbocycles. The van der Waals surface area contributed by atoms with Crippen LogP contribution in [0.4, 0.5) is 5.82 Å². The fraction of sp³-hybridized carbons (Fsp3) is 0.280. The van der Waals surface area contributed by atoms with Gasteiger partial charge < -0.3 is 10.2 Å². The molecule has 1 fully saturated rings. The zero-order valence-electron chi connectivity index (χ0n) is 18.8. The van der Waals surface area contributed by atoms with Crippen molar-refractivity contribution in [3.05, 3.63) is 83.3 Å². The molecular formula is C25H27ClN6OS. The summed E-state index contributed by atoms with van der Waals surface area (Å²) in [6, 6.07) is 15.9. The third-order valence-electron chi connectivity index (χ3n) is 5.40. The summed E-state index contributed by atoms with van der Waals surface area (Å²) >= 11 is 7.55. The molecule has 1 aromatic carbocycles. The number of nitrogens with one attached hydrogen (secondary N) is 1. The topological polar surface area (TPSA) is 74.2 Å². The maximum Gasteiger partial charge on any atom is 0.230 e. The van der Waals surface area contributed by atoms with Crippen LogP contribution in [0.3, 0.4) is 0 Å². The minimum absolute atomic E-state index is 0.0795. The van der Waals surface area contributed by atoms with E-state index >= 15 is 0 Å². The van der Waals surface area contributed by atoms with Gasteiger partial charge in [-0.2, -0.15) is 0 Å². The summed E-state index contributed by atoms with van der Waals surface area (Å²) < 4.78 is 0. The average Bonchev–Trinajstić information content (AvgIpc) is 2.87. The molecule has 0 unspecified atom stereocenters. The van der Waals surface area contributed by atoms with Crippen LogP contribution in [0.1, 0.15) is 11.1 Å². The van der Waals surface area contributed by atoms with E-state index in [0.717, 1.165) is 44.1 Å². The Morgan fingerprint density at radius 1 is 1.06 bits per heavy atom. The molecule has 0 atom stereocenters. The molecular weight excluding hydrogens is 468 g/mol. The van der Waals surface area contributed by atoms with E-state index in [1.54, 1.807) is 18.5 Å². The minimum Gasteiger partial charge on any atom is -0.354 e. The number of thioether (sulfide) groups is 1. The molecule has 3 heterocycles. The number of hydrogen-bond acceptors (Lipinski definition) is 7. The Morgan fingerprint density at radius 2 is 1.82 bits per heavy atom. The summed E-state index contributed by atoms with van der Waals surface area (Å²) in [4.78, 5) is 29.8. The van der Waals surface area contributed by atoms with Crippen LogP contribution >= 0.6 is 23.4 Å². The lowest BCUT2D eigenvalue weighted by molar-refractivity contribution is -0.118. The van der Waals surface area contributed by atoms with Crippen molar-refractivity contribution >= 4 is 41.2 Å². The first-order chi connectivity index (χ1) is 16.7. The van der Waals surface area contributed by atoms with Gasteiger partial charge in [0.05, 0.1) is 5.75 Å². The first-order valence-electron chi connectivity index (χ1n) is 11.2. The fourth-order valence-electron chi connectivity index (χ4n) is 3.56. The van der Waals surface area contributed by atoms with E-state index in [1.807, 2.05) is 30.3 Å². The second-order valence-corrected chi connectivity index (χ2v) is 9.18. The monoisotopic (exact) mass is 494 g/mol. The second-order valence-electron chi connectivity index (χ2n) is 7.85. The predicted octanol–water partition coefficient (Wildman–Crippen LogP) is 3.77. The molecule has 176 valence electrons. The number of amides is 1.